The molecule has 0 aliphatic rings. The maximum absolute atomic E-state index is 12.0. The van der Waals surface area contributed by atoms with E-state index in [1.165, 1.54) is 12.8 Å². The predicted octanol–water partition coefficient (Wildman–Crippen LogP) is 5.17. The van der Waals surface area contributed by atoms with Crippen LogP contribution in [0.25, 0.3) is 0 Å². The summed E-state index contributed by atoms with van der Waals surface area (Å²) in [6.45, 7) is 9.79. The van der Waals surface area contributed by atoms with E-state index in [1.807, 2.05) is 0 Å². The average Bonchev–Trinajstić information content (AvgIpc) is 2.42. The highest BCUT2D eigenvalue weighted by atomic mass is 35.5. The van der Waals surface area contributed by atoms with E-state index in [1.54, 1.807) is 24.3 Å². The second-order valence-corrected chi connectivity index (χ2v) is 7.07. The molecule has 1 rings (SSSR count). The predicted molar refractivity (Wildman–Crippen MR) is 90.8 cm³/mol. The third-order valence-corrected chi connectivity index (χ3v) is 4.00. The second-order valence-electron chi connectivity index (χ2n) is 6.63. The van der Waals surface area contributed by atoms with Crippen LogP contribution in [0.1, 0.15) is 57.3 Å². The Morgan fingerprint density at radius 3 is 2.19 bits per heavy atom. The van der Waals surface area contributed by atoms with Gasteiger partial charge < -0.3 is 5.32 Å². The van der Waals surface area contributed by atoms with Gasteiger partial charge in [-0.3, -0.25) is 4.79 Å². The molecule has 0 radical (unpaired) electrons. The zero-order valence-electron chi connectivity index (χ0n) is 13.7. The van der Waals surface area contributed by atoms with Gasteiger partial charge in [-0.1, -0.05) is 45.7 Å². The van der Waals surface area contributed by atoms with Crippen LogP contribution in [0.3, 0.4) is 0 Å². The largest absolute Gasteiger partial charge is 0.352 e. The summed E-state index contributed by atoms with van der Waals surface area (Å²) in [4.78, 5) is 12.0. The van der Waals surface area contributed by atoms with Crippen molar-refractivity contribution in [1.29, 1.82) is 0 Å². The van der Waals surface area contributed by atoms with Crippen LogP contribution in [-0.4, -0.2) is 12.5 Å². The van der Waals surface area contributed by atoms with Crippen LogP contribution in [0, 0.1) is 17.8 Å². The summed E-state index contributed by atoms with van der Waals surface area (Å²) >= 11 is 5.82. The van der Waals surface area contributed by atoms with Crippen LogP contribution in [-0.2, 0) is 0 Å². The van der Waals surface area contributed by atoms with Gasteiger partial charge in [-0.15, -0.1) is 0 Å². The molecule has 2 nitrogen and oxygen atoms in total. The summed E-state index contributed by atoms with van der Waals surface area (Å²) in [5, 5.41) is 3.65. The first-order valence-corrected chi connectivity index (χ1v) is 8.30. The molecule has 21 heavy (non-hydrogen) atoms. The molecule has 0 spiro atoms. The number of carbonyl (C=O) groups is 1. The van der Waals surface area contributed by atoms with Crippen molar-refractivity contribution >= 4 is 17.5 Å². The number of hydrogen-bond acceptors (Lipinski definition) is 1. The fourth-order valence-electron chi connectivity index (χ4n) is 2.56. The van der Waals surface area contributed by atoms with Crippen LogP contribution in [0.15, 0.2) is 24.3 Å². The highest BCUT2D eigenvalue weighted by Crippen LogP contribution is 2.19. The van der Waals surface area contributed by atoms with E-state index in [4.69, 9.17) is 11.6 Å². The van der Waals surface area contributed by atoms with E-state index in [0.717, 1.165) is 24.8 Å². The van der Waals surface area contributed by atoms with Crippen LogP contribution in [0.5, 0.6) is 0 Å². The molecule has 0 fully saturated rings. The van der Waals surface area contributed by atoms with Crippen molar-refractivity contribution in [3.63, 3.8) is 0 Å². The van der Waals surface area contributed by atoms with Gasteiger partial charge in [0, 0.05) is 17.1 Å². The molecule has 1 aromatic rings. The van der Waals surface area contributed by atoms with Crippen LogP contribution in [0.4, 0.5) is 0 Å². The lowest BCUT2D eigenvalue weighted by Gasteiger charge is -2.17. The van der Waals surface area contributed by atoms with Crippen LogP contribution in [0.2, 0.25) is 5.02 Å². The Hall–Kier alpha value is -1.02. The van der Waals surface area contributed by atoms with Gasteiger partial charge in [-0.05, 0) is 54.9 Å². The SMILES string of the molecule is CC(C)CC(C)CCC(C)CNC(=O)c1ccc(Cl)cc1. The Bertz CT molecular complexity index is 427. The lowest BCUT2D eigenvalue weighted by Crippen LogP contribution is -2.28. The van der Waals surface area contributed by atoms with E-state index in [-0.39, 0.29) is 5.91 Å². The molecule has 1 N–H and O–H groups in total. The van der Waals surface area contributed by atoms with E-state index in [0.29, 0.717) is 16.5 Å². The number of nitrogens with one attached hydrogen (secondary N) is 1. The van der Waals surface area contributed by atoms with Crippen molar-refractivity contribution in [2.45, 2.75) is 47.0 Å². The zero-order chi connectivity index (χ0) is 15.8. The van der Waals surface area contributed by atoms with Crippen molar-refractivity contribution in [2.75, 3.05) is 6.54 Å². The highest BCUT2D eigenvalue weighted by molar-refractivity contribution is 6.30. The molecule has 0 saturated heterocycles. The molecule has 3 heteroatoms. The van der Waals surface area contributed by atoms with Gasteiger partial charge in [0.05, 0.1) is 0 Å². The lowest BCUT2D eigenvalue weighted by molar-refractivity contribution is 0.0947. The number of rotatable bonds is 8. The topological polar surface area (TPSA) is 29.1 Å². The molecule has 0 bridgehead atoms. The van der Waals surface area contributed by atoms with Crippen LogP contribution >= 0.6 is 11.6 Å². The van der Waals surface area contributed by atoms with Gasteiger partial charge in [-0.25, -0.2) is 0 Å². The third kappa shape index (κ3) is 7.52. The Balaban J connectivity index is 2.27. The van der Waals surface area contributed by atoms with Crippen molar-refractivity contribution in [2.24, 2.45) is 17.8 Å². The minimum absolute atomic E-state index is 0.0197. The summed E-state index contributed by atoms with van der Waals surface area (Å²) in [6, 6.07) is 7.00. The van der Waals surface area contributed by atoms with Crippen molar-refractivity contribution < 1.29 is 4.79 Å². The maximum Gasteiger partial charge on any atom is 0.251 e. The number of carbonyl (C=O) groups excluding carboxylic acids is 1. The minimum Gasteiger partial charge on any atom is -0.352 e. The van der Waals surface area contributed by atoms with Gasteiger partial charge in [-0.2, -0.15) is 0 Å². The summed E-state index contributed by atoms with van der Waals surface area (Å²) < 4.78 is 0. The minimum atomic E-state index is -0.0197. The third-order valence-electron chi connectivity index (χ3n) is 3.74. The van der Waals surface area contributed by atoms with Gasteiger partial charge in [0.15, 0.2) is 0 Å². The molecule has 0 heterocycles. The molecule has 2 atom stereocenters. The molecule has 0 saturated carbocycles. The summed E-state index contributed by atoms with van der Waals surface area (Å²) in [5.41, 5.74) is 0.666. The summed E-state index contributed by atoms with van der Waals surface area (Å²) in [6.07, 6.45) is 3.68. The molecular formula is C18H28ClNO. The van der Waals surface area contributed by atoms with Crippen LogP contribution < -0.4 is 5.32 Å². The normalized spacial score (nSPS) is 14.0. The summed E-state index contributed by atoms with van der Waals surface area (Å²) in [7, 11) is 0. The number of halogens is 1. The van der Waals surface area contributed by atoms with E-state index >= 15 is 0 Å². The second kappa shape index (κ2) is 9.09. The Kier molecular flexibility index (Phi) is 7.81. The fraction of sp³-hybridized carbons (Fsp3) is 0.611. The van der Waals surface area contributed by atoms with Gasteiger partial charge in [0.1, 0.15) is 0 Å². The zero-order valence-corrected chi connectivity index (χ0v) is 14.4. The molecule has 0 aliphatic heterocycles. The molecule has 0 aromatic heterocycles. The molecular weight excluding hydrogens is 282 g/mol. The fourth-order valence-corrected chi connectivity index (χ4v) is 2.69. The first kappa shape index (κ1) is 18.0. The van der Waals surface area contributed by atoms with Gasteiger partial charge >= 0.3 is 0 Å². The van der Waals surface area contributed by atoms with Crippen molar-refractivity contribution in [1.82, 2.24) is 5.32 Å². The lowest BCUT2D eigenvalue weighted by atomic mass is 9.91. The summed E-state index contributed by atoms with van der Waals surface area (Å²) in [5.74, 6) is 2.02. The van der Waals surface area contributed by atoms with E-state index < -0.39 is 0 Å². The number of benzene rings is 1. The van der Waals surface area contributed by atoms with Crippen molar-refractivity contribution in [3.8, 4) is 0 Å². The maximum atomic E-state index is 12.0. The van der Waals surface area contributed by atoms with Gasteiger partial charge in [0.25, 0.3) is 5.91 Å². The molecule has 0 aliphatic carbocycles. The standard InChI is InChI=1S/C18H28ClNO/c1-13(2)11-14(3)5-6-15(4)12-20-18(21)16-7-9-17(19)10-8-16/h7-10,13-15H,5-6,11-12H2,1-4H3,(H,20,21). The average molecular weight is 310 g/mol. The first-order chi connectivity index (χ1) is 9.88. The molecule has 2 unspecified atom stereocenters. The molecule has 1 aromatic carbocycles. The smallest absolute Gasteiger partial charge is 0.251 e. The monoisotopic (exact) mass is 309 g/mol. The van der Waals surface area contributed by atoms with E-state index in [2.05, 4.69) is 33.0 Å². The number of amides is 1. The van der Waals surface area contributed by atoms with Gasteiger partial charge in [0.2, 0.25) is 0 Å². The quantitative estimate of drug-likeness (QED) is 0.705. The van der Waals surface area contributed by atoms with Crippen molar-refractivity contribution in [3.05, 3.63) is 34.9 Å². The Morgan fingerprint density at radius 2 is 1.62 bits per heavy atom. The van der Waals surface area contributed by atoms with E-state index in [9.17, 15) is 4.79 Å². The molecule has 1 amide bonds. The number of hydrogen-bond donors (Lipinski definition) is 1. The highest BCUT2D eigenvalue weighted by Gasteiger charge is 2.10. The first-order valence-electron chi connectivity index (χ1n) is 7.92. The Labute approximate surface area is 134 Å². The molecule has 118 valence electrons. The Morgan fingerprint density at radius 1 is 1.05 bits per heavy atom.